The molecular formula is C18H14FN3O. The monoisotopic (exact) mass is 307 g/mol. The van der Waals surface area contributed by atoms with E-state index in [1.54, 1.807) is 29.1 Å². The fourth-order valence-electron chi connectivity index (χ4n) is 2.23. The van der Waals surface area contributed by atoms with E-state index in [1.165, 1.54) is 18.2 Å². The summed E-state index contributed by atoms with van der Waals surface area (Å²) < 4.78 is 14.8. The number of benzene rings is 2. The zero-order valence-corrected chi connectivity index (χ0v) is 12.2. The van der Waals surface area contributed by atoms with E-state index >= 15 is 0 Å². The van der Waals surface area contributed by atoms with Crippen molar-refractivity contribution in [2.24, 2.45) is 5.73 Å². The zero-order valence-electron chi connectivity index (χ0n) is 12.2. The highest BCUT2D eigenvalue weighted by molar-refractivity contribution is 5.91. The molecule has 2 aromatic carbocycles. The predicted octanol–water partition coefficient (Wildman–Crippen LogP) is 3.18. The minimum atomic E-state index is -0.539. The Bertz CT molecular complexity index is 852. The summed E-state index contributed by atoms with van der Waals surface area (Å²) in [6.07, 6.45) is 4.68. The second-order valence-electron chi connectivity index (χ2n) is 4.96. The van der Waals surface area contributed by atoms with Gasteiger partial charge in [0.05, 0.1) is 11.4 Å². The van der Waals surface area contributed by atoms with E-state index in [0.29, 0.717) is 5.69 Å². The van der Waals surface area contributed by atoms with Crippen LogP contribution in [0.25, 0.3) is 23.0 Å². The number of carbonyl (C=O) groups excluding carboxylic acids is 1. The molecule has 114 valence electrons. The number of aromatic nitrogens is 2. The van der Waals surface area contributed by atoms with E-state index in [9.17, 15) is 9.18 Å². The molecule has 23 heavy (non-hydrogen) atoms. The summed E-state index contributed by atoms with van der Waals surface area (Å²) in [6.45, 7) is 0. The van der Waals surface area contributed by atoms with Crippen molar-refractivity contribution in [2.45, 2.75) is 0 Å². The number of amides is 1. The number of hydrogen-bond donors (Lipinski definition) is 1. The van der Waals surface area contributed by atoms with Gasteiger partial charge in [0.1, 0.15) is 5.82 Å². The molecule has 3 rings (SSSR count). The van der Waals surface area contributed by atoms with Gasteiger partial charge in [-0.05, 0) is 42.5 Å². The van der Waals surface area contributed by atoms with Crippen LogP contribution in [0.3, 0.4) is 0 Å². The minimum absolute atomic E-state index is 0.314. The molecule has 0 radical (unpaired) electrons. The molecule has 1 aromatic heterocycles. The number of primary amides is 1. The molecule has 1 heterocycles. The van der Waals surface area contributed by atoms with Crippen LogP contribution in [0.4, 0.5) is 4.39 Å². The highest BCUT2D eigenvalue weighted by Crippen LogP contribution is 2.25. The summed E-state index contributed by atoms with van der Waals surface area (Å²) in [7, 11) is 0. The number of halogens is 1. The van der Waals surface area contributed by atoms with Crippen LogP contribution >= 0.6 is 0 Å². The maximum atomic E-state index is 13.1. The second-order valence-corrected chi connectivity index (χ2v) is 4.96. The molecule has 1 amide bonds. The molecule has 0 aliphatic carbocycles. The number of nitrogens with two attached hydrogens (primary N) is 1. The topological polar surface area (TPSA) is 60.9 Å². The van der Waals surface area contributed by atoms with Gasteiger partial charge in [-0.1, -0.05) is 18.2 Å². The first kappa shape index (κ1) is 14.7. The van der Waals surface area contributed by atoms with Crippen LogP contribution in [0.15, 0.2) is 66.9 Å². The Hall–Kier alpha value is -3.21. The number of hydrogen-bond acceptors (Lipinski definition) is 2. The summed E-state index contributed by atoms with van der Waals surface area (Å²) in [5.74, 6) is -0.854. The van der Waals surface area contributed by atoms with E-state index < -0.39 is 5.91 Å². The first-order chi connectivity index (χ1) is 11.1. The third kappa shape index (κ3) is 3.35. The van der Waals surface area contributed by atoms with Crippen LogP contribution in [-0.4, -0.2) is 15.7 Å². The standard InChI is InChI=1S/C18H14FN3O/c19-15-9-6-13(7-10-15)18-14(8-11-17(20)23)12-22(21-18)16-4-2-1-3-5-16/h1-12H,(H2,20,23)/b11-8-. The molecule has 0 saturated carbocycles. The predicted molar refractivity (Wildman–Crippen MR) is 87.2 cm³/mol. The maximum absolute atomic E-state index is 13.1. The van der Waals surface area contributed by atoms with Gasteiger partial charge in [-0.2, -0.15) is 5.10 Å². The van der Waals surface area contributed by atoms with Crippen LogP contribution in [0.1, 0.15) is 5.56 Å². The molecular weight excluding hydrogens is 293 g/mol. The lowest BCUT2D eigenvalue weighted by atomic mass is 10.1. The number of rotatable bonds is 4. The first-order valence-electron chi connectivity index (χ1n) is 7.02. The summed E-state index contributed by atoms with van der Waals surface area (Å²) in [5, 5.41) is 4.55. The van der Waals surface area contributed by atoms with Gasteiger partial charge < -0.3 is 5.73 Å². The quantitative estimate of drug-likeness (QED) is 0.753. The van der Waals surface area contributed by atoms with Crippen molar-refractivity contribution in [1.82, 2.24) is 9.78 Å². The summed E-state index contributed by atoms with van der Waals surface area (Å²) in [4.78, 5) is 11.0. The first-order valence-corrected chi connectivity index (χ1v) is 7.02. The Kier molecular flexibility index (Phi) is 4.01. The van der Waals surface area contributed by atoms with Crippen LogP contribution in [-0.2, 0) is 4.79 Å². The van der Waals surface area contributed by atoms with Crippen LogP contribution < -0.4 is 5.73 Å². The highest BCUT2D eigenvalue weighted by atomic mass is 19.1. The normalized spacial score (nSPS) is 11.0. The van der Waals surface area contributed by atoms with Crippen molar-refractivity contribution in [1.29, 1.82) is 0 Å². The molecule has 0 bridgehead atoms. The van der Waals surface area contributed by atoms with Gasteiger partial charge >= 0.3 is 0 Å². The van der Waals surface area contributed by atoms with Crippen molar-refractivity contribution < 1.29 is 9.18 Å². The molecule has 0 aliphatic heterocycles. The van der Waals surface area contributed by atoms with Gasteiger partial charge in [-0.25, -0.2) is 9.07 Å². The van der Waals surface area contributed by atoms with E-state index in [1.807, 2.05) is 30.3 Å². The van der Waals surface area contributed by atoms with E-state index in [-0.39, 0.29) is 5.82 Å². The summed E-state index contributed by atoms with van der Waals surface area (Å²) in [6, 6.07) is 15.6. The van der Waals surface area contributed by atoms with E-state index in [0.717, 1.165) is 16.8 Å². The molecule has 0 unspecified atom stereocenters. The van der Waals surface area contributed by atoms with Gasteiger partial charge in [0.2, 0.25) is 5.91 Å². The average molecular weight is 307 g/mol. The minimum Gasteiger partial charge on any atom is -0.366 e. The summed E-state index contributed by atoms with van der Waals surface area (Å²) in [5.41, 5.74) is 8.17. The van der Waals surface area contributed by atoms with Crippen molar-refractivity contribution in [3.05, 3.63) is 78.3 Å². The van der Waals surface area contributed by atoms with Crippen molar-refractivity contribution in [3.8, 4) is 16.9 Å². The van der Waals surface area contributed by atoms with Gasteiger partial charge in [0, 0.05) is 23.4 Å². The van der Waals surface area contributed by atoms with Crippen molar-refractivity contribution >= 4 is 12.0 Å². The maximum Gasteiger partial charge on any atom is 0.241 e. The fourth-order valence-corrected chi connectivity index (χ4v) is 2.23. The third-order valence-electron chi connectivity index (χ3n) is 3.31. The Morgan fingerprint density at radius 3 is 2.43 bits per heavy atom. The molecule has 3 aromatic rings. The van der Waals surface area contributed by atoms with E-state index in [2.05, 4.69) is 5.10 Å². The smallest absolute Gasteiger partial charge is 0.241 e. The average Bonchev–Trinajstić information content (AvgIpc) is 2.99. The SMILES string of the molecule is NC(=O)/C=C\c1cn(-c2ccccc2)nc1-c1ccc(F)cc1. The zero-order chi connectivity index (χ0) is 16.2. The lowest BCUT2D eigenvalue weighted by Gasteiger charge is -2.00. The number of nitrogens with zero attached hydrogens (tertiary/aromatic N) is 2. The van der Waals surface area contributed by atoms with Gasteiger partial charge in [0.25, 0.3) is 0 Å². The molecule has 0 saturated heterocycles. The van der Waals surface area contributed by atoms with Crippen LogP contribution in [0, 0.1) is 5.82 Å². The Labute approximate surface area is 132 Å². The largest absolute Gasteiger partial charge is 0.366 e. The lowest BCUT2D eigenvalue weighted by molar-refractivity contribution is -0.113. The number of carbonyl (C=O) groups is 1. The van der Waals surface area contributed by atoms with Gasteiger partial charge in [0.15, 0.2) is 0 Å². The highest BCUT2D eigenvalue weighted by Gasteiger charge is 2.10. The Balaban J connectivity index is 2.10. The van der Waals surface area contributed by atoms with Crippen molar-refractivity contribution in [3.63, 3.8) is 0 Å². The van der Waals surface area contributed by atoms with Crippen LogP contribution in [0.2, 0.25) is 0 Å². The molecule has 0 aliphatic rings. The lowest BCUT2D eigenvalue weighted by Crippen LogP contribution is -2.05. The molecule has 0 spiro atoms. The van der Waals surface area contributed by atoms with Gasteiger partial charge in [-0.15, -0.1) is 0 Å². The van der Waals surface area contributed by atoms with Crippen molar-refractivity contribution in [2.75, 3.05) is 0 Å². The molecule has 0 fully saturated rings. The Morgan fingerprint density at radius 1 is 1.09 bits per heavy atom. The number of para-hydroxylation sites is 1. The molecule has 4 nitrogen and oxygen atoms in total. The van der Waals surface area contributed by atoms with Crippen LogP contribution in [0.5, 0.6) is 0 Å². The van der Waals surface area contributed by atoms with Gasteiger partial charge in [-0.3, -0.25) is 4.79 Å². The second kappa shape index (κ2) is 6.27. The third-order valence-corrected chi connectivity index (χ3v) is 3.31. The van der Waals surface area contributed by atoms with E-state index in [4.69, 9.17) is 5.73 Å². The molecule has 0 atom stereocenters. The molecule has 5 heteroatoms. The molecule has 2 N–H and O–H groups in total. The Morgan fingerprint density at radius 2 is 1.78 bits per heavy atom. The summed E-state index contributed by atoms with van der Waals surface area (Å²) >= 11 is 0. The fraction of sp³-hybridized carbons (Fsp3) is 0.